The molecule has 1 aliphatic carbocycles. The maximum Gasteiger partial charge on any atom is 0.157 e. The second-order valence-electron chi connectivity index (χ2n) is 6.05. The van der Waals surface area contributed by atoms with E-state index in [0.29, 0.717) is 11.5 Å². The molecule has 3 unspecified atom stereocenters. The van der Waals surface area contributed by atoms with Gasteiger partial charge in [-0.25, -0.2) is 0 Å². The van der Waals surface area contributed by atoms with Crippen molar-refractivity contribution < 1.29 is 0 Å². The van der Waals surface area contributed by atoms with E-state index in [4.69, 9.17) is 4.99 Å². The Kier molecular flexibility index (Phi) is 4.40. The van der Waals surface area contributed by atoms with Crippen molar-refractivity contribution in [3.05, 3.63) is 0 Å². The van der Waals surface area contributed by atoms with Crippen LogP contribution in [-0.2, 0) is 0 Å². The molecule has 1 saturated carbocycles. The number of nitrogens with one attached hydrogen (secondary N) is 1. The van der Waals surface area contributed by atoms with Crippen molar-refractivity contribution >= 4 is 16.9 Å². The summed E-state index contributed by atoms with van der Waals surface area (Å²) >= 11 is 1.94. The number of hydrogen-bond donors (Lipinski definition) is 1. The van der Waals surface area contributed by atoms with Gasteiger partial charge in [0, 0.05) is 17.8 Å². The van der Waals surface area contributed by atoms with Gasteiger partial charge in [-0.3, -0.25) is 4.99 Å². The lowest BCUT2D eigenvalue weighted by molar-refractivity contribution is 0.242. The summed E-state index contributed by atoms with van der Waals surface area (Å²) in [7, 11) is 0. The van der Waals surface area contributed by atoms with Crippen LogP contribution in [0.5, 0.6) is 0 Å². The molecule has 1 aliphatic heterocycles. The van der Waals surface area contributed by atoms with Gasteiger partial charge in [0.15, 0.2) is 5.17 Å². The van der Waals surface area contributed by atoms with Crippen LogP contribution in [0, 0.1) is 11.8 Å². The quantitative estimate of drug-likeness (QED) is 0.831. The van der Waals surface area contributed by atoms with Crippen molar-refractivity contribution in [3.63, 3.8) is 0 Å². The molecule has 2 nitrogen and oxygen atoms in total. The molecule has 2 fully saturated rings. The van der Waals surface area contributed by atoms with E-state index in [1.54, 1.807) is 0 Å². The Morgan fingerprint density at radius 3 is 3.12 bits per heavy atom. The number of nitrogens with zero attached hydrogens (tertiary/aromatic N) is 1. The minimum absolute atomic E-state index is 0.386. The van der Waals surface area contributed by atoms with Gasteiger partial charge < -0.3 is 5.32 Å². The molecule has 1 spiro atoms. The topological polar surface area (TPSA) is 24.4 Å². The van der Waals surface area contributed by atoms with Gasteiger partial charge in [-0.05, 0) is 24.7 Å². The monoisotopic (exact) mass is 254 g/mol. The van der Waals surface area contributed by atoms with E-state index in [-0.39, 0.29) is 0 Å². The molecule has 3 atom stereocenters. The van der Waals surface area contributed by atoms with Crippen molar-refractivity contribution in [2.75, 3.05) is 12.3 Å². The van der Waals surface area contributed by atoms with Crippen LogP contribution in [0.25, 0.3) is 0 Å². The predicted molar refractivity (Wildman–Crippen MR) is 77.7 cm³/mol. The molecule has 3 heteroatoms. The highest BCUT2D eigenvalue weighted by atomic mass is 32.2. The minimum atomic E-state index is 0.386. The van der Waals surface area contributed by atoms with Crippen LogP contribution in [0.15, 0.2) is 4.99 Å². The Balaban J connectivity index is 1.90. The molecule has 2 aliphatic rings. The Hall–Kier alpha value is -0.180. The van der Waals surface area contributed by atoms with E-state index in [2.05, 4.69) is 26.1 Å². The first kappa shape index (κ1) is 13.3. The smallest absolute Gasteiger partial charge is 0.157 e. The SMILES string of the molecule is CCC(C)CN=C1NC2(CCCC(C)C2)CS1. The largest absolute Gasteiger partial charge is 0.359 e. The highest BCUT2D eigenvalue weighted by Gasteiger charge is 2.40. The van der Waals surface area contributed by atoms with Crippen LogP contribution in [-0.4, -0.2) is 23.0 Å². The zero-order valence-corrected chi connectivity index (χ0v) is 12.3. The van der Waals surface area contributed by atoms with E-state index in [1.807, 2.05) is 11.8 Å². The molecular weight excluding hydrogens is 228 g/mol. The Morgan fingerprint density at radius 1 is 1.59 bits per heavy atom. The maximum atomic E-state index is 4.74. The van der Waals surface area contributed by atoms with Crippen LogP contribution < -0.4 is 5.32 Å². The van der Waals surface area contributed by atoms with Gasteiger partial charge in [-0.1, -0.05) is 51.8 Å². The van der Waals surface area contributed by atoms with Crippen molar-refractivity contribution in [2.24, 2.45) is 16.8 Å². The first-order valence-corrected chi connectivity index (χ1v) is 8.07. The van der Waals surface area contributed by atoms with Gasteiger partial charge in [0.05, 0.1) is 0 Å². The summed E-state index contributed by atoms with van der Waals surface area (Å²) < 4.78 is 0. The molecule has 98 valence electrons. The maximum absolute atomic E-state index is 4.74. The fraction of sp³-hybridized carbons (Fsp3) is 0.929. The summed E-state index contributed by atoms with van der Waals surface area (Å²) in [6.45, 7) is 7.89. The van der Waals surface area contributed by atoms with Gasteiger partial charge in [-0.2, -0.15) is 0 Å². The van der Waals surface area contributed by atoms with Crippen LogP contribution in [0.2, 0.25) is 0 Å². The zero-order chi connectivity index (χ0) is 12.3. The molecule has 2 rings (SSSR count). The predicted octanol–water partition coefficient (Wildman–Crippen LogP) is 3.67. The summed E-state index contributed by atoms with van der Waals surface area (Å²) in [6, 6.07) is 0. The van der Waals surface area contributed by atoms with Gasteiger partial charge in [0.25, 0.3) is 0 Å². The molecular formula is C14H26N2S. The zero-order valence-electron chi connectivity index (χ0n) is 11.5. The molecule has 1 heterocycles. The third-order valence-electron chi connectivity index (χ3n) is 4.19. The van der Waals surface area contributed by atoms with E-state index >= 15 is 0 Å². The summed E-state index contributed by atoms with van der Waals surface area (Å²) in [5.74, 6) is 2.83. The van der Waals surface area contributed by atoms with Gasteiger partial charge in [0.1, 0.15) is 0 Å². The first-order chi connectivity index (χ1) is 8.13. The van der Waals surface area contributed by atoms with Crippen molar-refractivity contribution in [3.8, 4) is 0 Å². The average Bonchev–Trinajstić information content (AvgIpc) is 2.69. The molecule has 1 N–H and O–H groups in total. The third kappa shape index (κ3) is 3.40. The fourth-order valence-corrected chi connectivity index (χ4v) is 4.07. The number of thioether (sulfide) groups is 1. The first-order valence-electron chi connectivity index (χ1n) is 7.09. The van der Waals surface area contributed by atoms with Crippen LogP contribution >= 0.6 is 11.8 Å². The number of hydrogen-bond acceptors (Lipinski definition) is 2. The number of amidine groups is 1. The van der Waals surface area contributed by atoms with Crippen LogP contribution in [0.4, 0.5) is 0 Å². The van der Waals surface area contributed by atoms with Crippen LogP contribution in [0.1, 0.15) is 52.9 Å². The van der Waals surface area contributed by atoms with E-state index in [1.165, 1.54) is 43.0 Å². The standard InChI is InChI=1S/C14H26N2S/c1-4-11(2)9-15-13-16-14(10-17-13)7-5-6-12(3)8-14/h11-12H,4-10H2,1-3H3,(H,15,16). The highest BCUT2D eigenvalue weighted by Crippen LogP contribution is 2.38. The molecule has 17 heavy (non-hydrogen) atoms. The molecule has 0 aromatic heterocycles. The Morgan fingerprint density at radius 2 is 2.41 bits per heavy atom. The van der Waals surface area contributed by atoms with Crippen LogP contribution in [0.3, 0.4) is 0 Å². The fourth-order valence-electron chi connectivity index (χ4n) is 2.86. The lowest BCUT2D eigenvalue weighted by atomic mass is 9.78. The second-order valence-corrected chi connectivity index (χ2v) is 7.02. The van der Waals surface area contributed by atoms with Crippen molar-refractivity contribution in [1.82, 2.24) is 5.32 Å². The number of rotatable bonds is 3. The Labute approximate surface area is 110 Å². The van der Waals surface area contributed by atoms with E-state index in [0.717, 1.165) is 12.5 Å². The minimum Gasteiger partial charge on any atom is -0.359 e. The molecule has 0 aromatic rings. The molecule has 0 radical (unpaired) electrons. The Bertz CT molecular complexity index is 290. The van der Waals surface area contributed by atoms with E-state index < -0.39 is 0 Å². The van der Waals surface area contributed by atoms with Gasteiger partial charge in [-0.15, -0.1) is 0 Å². The average molecular weight is 254 g/mol. The van der Waals surface area contributed by atoms with Crippen molar-refractivity contribution in [1.29, 1.82) is 0 Å². The van der Waals surface area contributed by atoms with Crippen molar-refractivity contribution in [2.45, 2.75) is 58.4 Å². The van der Waals surface area contributed by atoms with E-state index in [9.17, 15) is 0 Å². The molecule has 1 saturated heterocycles. The summed E-state index contributed by atoms with van der Waals surface area (Å²) in [6.07, 6.45) is 6.69. The van der Waals surface area contributed by atoms with Gasteiger partial charge >= 0.3 is 0 Å². The number of aliphatic imine (C=N–C) groups is 1. The molecule has 0 bridgehead atoms. The molecule has 0 aromatic carbocycles. The third-order valence-corrected chi connectivity index (χ3v) is 5.39. The lowest BCUT2D eigenvalue weighted by Gasteiger charge is -2.36. The highest BCUT2D eigenvalue weighted by molar-refractivity contribution is 8.14. The van der Waals surface area contributed by atoms with Gasteiger partial charge in [0.2, 0.25) is 0 Å². The summed E-state index contributed by atoms with van der Waals surface area (Å²) in [4.78, 5) is 4.74. The summed E-state index contributed by atoms with van der Waals surface area (Å²) in [5, 5.41) is 4.94. The lowest BCUT2D eigenvalue weighted by Crippen LogP contribution is -2.47. The normalized spacial score (nSPS) is 37.4. The summed E-state index contributed by atoms with van der Waals surface area (Å²) in [5.41, 5.74) is 0.386. The second kappa shape index (κ2) is 5.64. The molecule has 0 amide bonds.